The summed E-state index contributed by atoms with van der Waals surface area (Å²) >= 11 is 5.71. The standard InChI is InChI=1S/C21H31ClO4/c1-7-26-20(24)11-15(8-17(23)12-22)16-9-18(13(2)3)21(25-6)19(10-16)14(4)5/h9-10,13-15H,7-8,11-12H2,1-6H3. The fourth-order valence-corrected chi connectivity index (χ4v) is 3.20. The Hall–Kier alpha value is -1.55. The lowest BCUT2D eigenvalue weighted by Gasteiger charge is -2.23. The maximum atomic E-state index is 12.1. The molecule has 0 fully saturated rings. The summed E-state index contributed by atoms with van der Waals surface area (Å²) in [6, 6.07) is 4.11. The first-order valence-electron chi connectivity index (χ1n) is 9.20. The molecule has 0 aliphatic heterocycles. The third-order valence-corrected chi connectivity index (χ3v) is 4.73. The number of carbonyl (C=O) groups excluding carboxylic acids is 2. The highest BCUT2D eigenvalue weighted by atomic mass is 35.5. The van der Waals surface area contributed by atoms with E-state index in [1.165, 1.54) is 0 Å². The van der Waals surface area contributed by atoms with E-state index in [1.807, 2.05) is 0 Å². The van der Waals surface area contributed by atoms with E-state index in [0.29, 0.717) is 6.61 Å². The molecule has 4 nitrogen and oxygen atoms in total. The molecule has 0 aliphatic carbocycles. The number of carbonyl (C=O) groups is 2. The number of rotatable bonds is 10. The predicted octanol–water partition coefficient (Wildman–Crippen LogP) is 5.18. The Kier molecular flexibility index (Phi) is 9.14. The van der Waals surface area contributed by atoms with Crippen molar-refractivity contribution >= 4 is 23.4 Å². The van der Waals surface area contributed by atoms with Crippen LogP contribution in [-0.2, 0) is 14.3 Å². The van der Waals surface area contributed by atoms with Crippen molar-refractivity contribution in [1.82, 2.24) is 0 Å². The molecule has 1 aromatic carbocycles. The van der Waals surface area contributed by atoms with Crippen LogP contribution in [0.2, 0.25) is 0 Å². The van der Waals surface area contributed by atoms with E-state index in [4.69, 9.17) is 21.1 Å². The van der Waals surface area contributed by atoms with Gasteiger partial charge in [-0.25, -0.2) is 0 Å². The van der Waals surface area contributed by atoms with Crippen molar-refractivity contribution in [3.05, 3.63) is 28.8 Å². The van der Waals surface area contributed by atoms with Crippen molar-refractivity contribution in [2.45, 2.75) is 65.2 Å². The zero-order valence-corrected chi connectivity index (χ0v) is 17.5. The van der Waals surface area contributed by atoms with Gasteiger partial charge in [-0.1, -0.05) is 39.8 Å². The molecule has 146 valence electrons. The molecule has 0 saturated carbocycles. The van der Waals surface area contributed by atoms with Gasteiger partial charge in [0.05, 0.1) is 26.0 Å². The minimum absolute atomic E-state index is 0.0520. The second kappa shape index (κ2) is 10.6. The fourth-order valence-electron chi connectivity index (χ4n) is 3.09. The molecular weight excluding hydrogens is 352 g/mol. The number of ether oxygens (including phenoxy) is 2. The molecule has 0 bridgehead atoms. The van der Waals surface area contributed by atoms with Crippen LogP contribution in [0.1, 0.15) is 81.9 Å². The minimum atomic E-state index is -0.298. The van der Waals surface area contributed by atoms with E-state index in [9.17, 15) is 9.59 Å². The summed E-state index contributed by atoms with van der Waals surface area (Å²) in [5, 5.41) is 0. The van der Waals surface area contributed by atoms with Gasteiger partial charge in [-0.2, -0.15) is 0 Å². The number of ketones is 1. The number of hydrogen-bond donors (Lipinski definition) is 0. The highest BCUT2D eigenvalue weighted by Crippen LogP contribution is 2.39. The SMILES string of the molecule is CCOC(=O)CC(CC(=O)CCl)c1cc(C(C)C)c(OC)c(C(C)C)c1. The first-order valence-corrected chi connectivity index (χ1v) is 9.73. The van der Waals surface area contributed by atoms with Crippen LogP contribution in [0.25, 0.3) is 0 Å². The normalized spacial score (nSPS) is 12.3. The Morgan fingerprint density at radius 1 is 1.04 bits per heavy atom. The van der Waals surface area contributed by atoms with Gasteiger partial charge in [-0.3, -0.25) is 9.59 Å². The molecule has 1 rings (SSSR count). The molecule has 1 aromatic rings. The van der Waals surface area contributed by atoms with Crippen molar-refractivity contribution in [3.63, 3.8) is 0 Å². The number of methoxy groups -OCH3 is 1. The highest BCUT2D eigenvalue weighted by Gasteiger charge is 2.24. The van der Waals surface area contributed by atoms with E-state index < -0.39 is 0 Å². The quantitative estimate of drug-likeness (QED) is 0.413. The number of hydrogen-bond acceptors (Lipinski definition) is 4. The fraction of sp³-hybridized carbons (Fsp3) is 0.619. The molecule has 0 amide bonds. The number of esters is 1. The Labute approximate surface area is 162 Å². The number of alkyl halides is 1. The zero-order valence-electron chi connectivity index (χ0n) is 16.7. The maximum absolute atomic E-state index is 12.1. The molecule has 0 radical (unpaired) electrons. The molecule has 0 aromatic heterocycles. The smallest absolute Gasteiger partial charge is 0.306 e. The van der Waals surface area contributed by atoms with E-state index >= 15 is 0 Å². The van der Waals surface area contributed by atoms with Crippen LogP contribution in [-0.4, -0.2) is 31.3 Å². The average molecular weight is 383 g/mol. The van der Waals surface area contributed by atoms with E-state index in [-0.39, 0.29) is 48.2 Å². The molecular formula is C21H31ClO4. The molecule has 1 unspecified atom stereocenters. The van der Waals surface area contributed by atoms with Gasteiger partial charge in [0.1, 0.15) is 11.5 Å². The number of Topliss-reactive ketones (excluding diaryl/α,β-unsaturated/α-hetero) is 1. The van der Waals surface area contributed by atoms with Crippen LogP contribution in [0.4, 0.5) is 0 Å². The van der Waals surface area contributed by atoms with Gasteiger partial charge in [0.25, 0.3) is 0 Å². The molecule has 0 heterocycles. The highest BCUT2D eigenvalue weighted by molar-refractivity contribution is 6.27. The predicted molar refractivity (Wildman–Crippen MR) is 106 cm³/mol. The molecule has 0 spiro atoms. The van der Waals surface area contributed by atoms with E-state index in [2.05, 4.69) is 39.8 Å². The van der Waals surface area contributed by atoms with E-state index in [1.54, 1.807) is 14.0 Å². The molecule has 0 aliphatic rings. The lowest BCUT2D eigenvalue weighted by Crippen LogP contribution is -2.16. The van der Waals surface area contributed by atoms with Crippen molar-refractivity contribution in [1.29, 1.82) is 0 Å². The number of benzene rings is 1. The zero-order chi connectivity index (χ0) is 19.9. The van der Waals surface area contributed by atoms with Gasteiger partial charge >= 0.3 is 5.97 Å². The maximum Gasteiger partial charge on any atom is 0.306 e. The summed E-state index contributed by atoms with van der Waals surface area (Å²) in [5.41, 5.74) is 3.13. The lowest BCUT2D eigenvalue weighted by atomic mass is 9.84. The second-order valence-electron chi connectivity index (χ2n) is 7.12. The molecule has 26 heavy (non-hydrogen) atoms. The summed E-state index contributed by atoms with van der Waals surface area (Å²) in [4.78, 5) is 24.1. The van der Waals surface area contributed by atoms with Crippen LogP contribution < -0.4 is 4.74 Å². The van der Waals surface area contributed by atoms with Crippen LogP contribution in [0.15, 0.2) is 12.1 Å². The second-order valence-corrected chi connectivity index (χ2v) is 7.39. The summed E-state index contributed by atoms with van der Waals surface area (Å²) in [6.45, 7) is 10.5. The Balaban J connectivity index is 3.42. The van der Waals surface area contributed by atoms with Gasteiger partial charge in [-0.05, 0) is 35.4 Å². The van der Waals surface area contributed by atoms with E-state index in [0.717, 1.165) is 22.4 Å². The van der Waals surface area contributed by atoms with Crippen LogP contribution in [0.3, 0.4) is 0 Å². The van der Waals surface area contributed by atoms with Gasteiger partial charge in [0.15, 0.2) is 0 Å². The lowest BCUT2D eigenvalue weighted by molar-refractivity contribution is -0.143. The van der Waals surface area contributed by atoms with Crippen LogP contribution in [0, 0.1) is 0 Å². The van der Waals surface area contributed by atoms with Crippen molar-refractivity contribution in [3.8, 4) is 5.75 Å². The molecule has 0 saturated heterocycles. The van der Waals surface area contributed by atoms with Crippen molar-refractivity contribution < 1.29 is 19.1 Å². The first kappa shape index (κ1) is 22.5. The minimum Gasteiger partial charge on any atom is -0.496 e. The monoisotopic (exact) mass is 382 g/mol. The van der Waals surface area contributed by atoms with Crippen LogP contribution in [0.5, 0.6) is 5.75 Å². The van der Waals surface area contributed by atoms with Gasteiger partial charge in [-0.15, -0.1) is 11.6 Å². The number of halogens is 1. The Morgan fingerprint density at radius 3 is 1.96 bits per heavy atom. The Bertz CT molecular complexity index is 593. The largest absolute Gasteiger partial charge is 0.496 e. The van der Waals surface area contributed by atoms with Crippen molar-refractivity contribution in [2.75, 3.05) is 19.6 Å². The molecule has 1 atom stereocenters. The molecule has 5 heteroatoms. The summed E-state index contributed by atoms with van der Waals surface area (Å²) in [7, 11) is 1.68. The third kappa shape index (κ3) is 6.01. The summed E-state index contributed by atoms with van der Waals surface area (Å²) < 4.78 is 10.8. The Morgan fingerprint density at radius 2 is 1.58 bits per heavy atom. The first-order chi connectivity index (χ1) is 12.2. The third-order valence-electron chi connectivity index (χ3n) is 4.43. The summed E-state index contributed by atoms with van der Waals surface area (Å²) in [5.74, 6) is 0.730. The van der Waals surface area contributed by atoms with Gasteiger partial charge < -0.3 is 9.47 Å². The molecule has 0 N–H and O–H groups in total. The van der Waals surface area contributed by atoms with Gasteiger partial charge in [0.2, 0.25) is 0 Å². The van der Waals surface area contributed by atoms with Gasteiger partial charge in [0, 0.05) is 12.3 Å². The summed E-state index contributed by atoms with van der Waals surface area (Å²) in [6.07, 6.45) is 0.390. The average Bonchev–Trinajstić information content (AvgIpc) is 2.59. The van der Waals surface area contributed by atoms with Crippen molar-refractivity contribution in [2.24, 2.45) is 0 Å². The topological polar surface area (TPSA) is 52.6 Å². The van der Waals surface area contributed by atoms with Crippen LogP contribution >= 0.6 is 11.6 Å².